The number of nitrogens with zero attached hydrogens (tertiary/aromatic N) is 1. The van der Waals surface area contributed by atoms with Crippen LogP contribution in [0, 0.1) is 0 Å². The van der Waals surface area contributed by atoms with Crippen LogP contribution in [0.15, 0.2) is 67.0 Å². The number of amides is 2. The lowest BCUT2D eigenvalue weighted by molar-refractivity contribution is -0.137. The second kappa shape index (κ2) is 10.6. The third kappa shape index (κ3) is 5.84. The normalized spacial score (nSPS) is 17.2. The van der Waals surface area contributed by atoms with Gasteiger partial charge in [-0.2, -0.15) is 13.2 Å². The molecule has 1 aliphatic heterocycles. The zero-order valence-electron chi connectivity index (χ0n) is 20.4. The van der Waals surface area contributed by atoms with Crippen LogP contribution in [0.3, 0.4) is 0 Å². The summed E-state index contributed by atoms with van der Waals surface area (Å²) >= 11 is 5.74. The number of anilines is 2. The number of carbonyl (C=O) groups excluding carboxylic acids is 2. The summed E-state index contributed by atoms with van der Waals surface area (Å²) < 4.78 is 45.6. The summed E-state index contributed by atoms with van der Waals surface area (Å²) in [7, 11) is 0. The van der Waals surface area contributed by atoms with Crippen molar-refractivity contribution in [3.05, 3.63) is 88.7 Å². The van der Waals surface area contributed by atoms with Crippen molar-refractivity contribution in [2.45, 2.75) is 24.7 Å². The lowest BCUT2D eigenvalue weighted by Gasteiger charge is -2.27. The number of rotatable bonds is 7. The molecule has 5 rings (SSSR count). The fourth-order valence-electron chi connectivity index (χ4n) is 4.33. The van der Waals surface area contributed by atoms with E-state index in [1.165, 1.54) is 18.3 Å². The van der Waals surface area contributed by atoms with E-state index in [0.717, 1.165) is 11.5 Å². The minimum absolute atomic E-state index is 0.0148. The molecule has 1 aliphatic rings. The van der Waals surface area contributed by atoms with Gasteiger partial charge in [0.15, 0.2) is 0 Å². The molecule has 0 aliphatic carbocycles. The molecular formula is C27H23ClF3N5O3. The lowest BCUT2D eigenvalue weighted by atomic mass is 9.96. The predicted molar refractivity (Wildman–Crippen MR) is 140 cm³/mol. The molecule has 2 aromatic carbocycles. The number of fused-ring (bicyclic) bond motifs is 1. The van der Waals surface area contributed by atoms with Crippen LogP contribution in [0.2, 0.25) is 5.02 Å². The Morgan fingerprint density at radius 2 is 1.90 bits per heavy atom. The predicted octanol–water partition coefficient (Wildman–Crippen LogP) is 5.18. The summed E-state index contributed by atoms with van der Waals surface area (Å²) in [6.07, 6.45) is -1.11. The highest BCUT2D eigenvalue weighted by molar-refractivity contribution is 6.30. The Kier molecular flexibility index (Phi) is 7.19. The van der Waals surface area contributed by atoms with Gasteiger partial charge in [-0.05, 0) is 48.0 Å². The molecule has 4 aromatic rings. The summed E-state index contributed by atoms with van der Waals surface area (Å²) in [6.45, 7) is 0.478. The van der Waals surface area contributed by atoms with Gasteiger partial charge in [0.25, 0.3) is 5.91 Å². The summed E-state index contributed by atoms with van der Waals surface area (Å²) in [4.78, 5) is 33.3. The van der Waals surface area contributed by atoms with Crippen molar-refractivity contribution in [2.24, 2.45) is 0 Å². The molecule has 39 heavy (non-hydrogen) atoms. The Morgan fingerprint density at radius 3 is 2.62 bits per heavy atom. The Labute approximate surface area is 225 Å². The second-order valence-corrected chi connectivity index (χ2v) is 9.61. The minimum Gasteiger partial charge on any atom is -0.378 e. The van der Waals surface area contributed by atoms with Crippen LogP contribution in [0.4, 0.5) is 24.5 Å². The first-order valence-electron chi connectivity index (χ1n) is 12.0. The maximum Gasteiger partial charge on any atom is 0.418 e. The topological polar surface area (TPSA) is 108 Å². The van der Waals surface area contributed by atoms with E-state index in [1.807, 2.05) is 0 Å². The molecule has 4 N–H and O–H groups in total. The zero-order chi connectivity index (χ0) is 27.6. The molecule has 0 bridgehead atoms. The van der Waals surface area contributed by atoms with Crippen molar-refractivity contribution < 1.29 is 27.5 Å². The molecule has 1 saturated heterocycles. The van der Waals surface area contributed by atoms with E-state index < -0.39 is 29.1 Å². The number of aromatic nitrogens is 2. The van der Waals surface area contributed by atoms with Gasteiger partial charge in [0.2, 0.25) is 5.91 Å². The maximum atomic E-state index is 13.4. The number of halogens is 4. The number of carbonyl (C=O) groups is 2. The Balaban J connectivity index is 1.23. The molecule has 2 amide bonds. The van der Waals surface area contributed by atoms with Crippen molar-refractivity contribution in [2.75, 3.05) is 18.5 Å². The fourth-order valence-corrected chi connectivity index (χ4v) is 4.50. The molecular weight excluding hydrogens is 535 g/mol. The first kappa shape index (κ1) is 26.5. The van der Waals surface area contributed by atoms with Crippen LogP contribution in [-0.2, 0) is 22.3 Å². The first-order valence-corrected chi connectivity index (χ1v) is 12.4. The van der Waals surface area contributed by atoms with E-state index >= 15 is 0 Å². The molecule has 1 fully saturated rings. The monoisotopic (exact) mass is 557 g/mol. The number of H-pyrrole nitrogens is 1. The summed E-state index contributed by atoms with van der Waals surface area (Å²) in [5.74, 6) is -0.843. The standard InChI is InChI=1S/C27H23ClF3N5O3/c28-19-3-6-22(21(12-19)27(29,30)31)35-20-4-1-16(2-5-20)13-34-25(38)26(8-10-39-15-26)36-24(37)18-11-17-7-9-32-23(17)33-14-18/h1-7,9,11-12,14,35H,8,10,13,15H2,(H,32,33)(H,34,38)(H,36,37). The van der Waals surface area contributed by atoms with Crippen molar-refractivity contribution >= 4 is 45.8 Å². The summed E-state index contributed by atoms with van der Waals surface area (Å²) in [5.41, 5.74) is -0.132. The molecule has 0 saturated carbocycles. The van der Waals surface area contributed by atoms with Gasteiger partial charge in [0, 0.05) is 48.1 Å². The van der Waals surface area contributed by atoms with Crippen molar-refractivity contribution in [1.82, 2.24) is 20.6 Å². The molecule has 12 heteroatoms. The summed E-state index contributed by atoms with van der Waals surface area (Å²) in [5, 5.41) is 9.17. The van der Waals surface area contributed by atoms with Crippen molar-refractivity contribution in [3.8, 4) is 0 Å². The van der Waals surface area contributed by atoms with Crippen molar-refractivity contribution in [3.63, 3.8) is 0 Å². The van der Waals surface area contributed by atoms with Gasteiger partial charge in [0.05, 0.1) is 23.4 Å². The molecule has 1 unspecified atom stereocenters. The molecule has 1 atom stereocenters. The van der Waals surface area contributed by atoms with Gasteiger partial charge in [-0.15, -0.1) is 0 Å². The number of alkyl halides is 3. The summed E-state index contributed by atoms with van der Waals surface area (Å²) in [6, 6.07) is 13.6. The van der Waals surface area contributed by atoms with E-state index in [0.29, 0.717) is 35.5 Å². The zero-order valence-corrected chi connectivity index (χ0v) is 21.1. The van der Waals surface area contributed by atoms with Gasteiger partial charge in [-0.3, -0.25) is 9.59 Å². The third-order valence-corrected chi connectivity index (χ3v) is 6.68. The third-order valence-electron chi connectivity index (χ3n) is 6.44. The molecule has 8 nitrogen and oxygen atoms in total. The van der Waals surface area contributed by atoms with Crippen LogP contribution in [-0.4, -0.2) is 40.5 Å². The SMILES string of the molecule is O=C(NC1(C(=O)NCc2ccc(Nc3ccc(Cl)cc3C(F)(F)F)cc2)CCOC1)c1cnc2[nH]ccc2c1. The Hall–Kier alpha value is -4.09. The highest BCUT2D eigenvalue weighted by Gasteiger charge is 2.43. The Bertz CT molecular complexity index is 1520. The maximum absolute atomic E-state index is 13.4. The molecule has 2 aromatic heterocycles. The second-order valence-electron chi connectivity index (χ2n) is 9.17. The minimum atomic E-state index is -4.57. The number of nitrogens with one attached hydrogen (secondary N) is 4. The lowest BCUT2D eigenvalue weighted by Crippen LogP contribution is -2.59. The smallest absolute Gasteiger partial charge is 0.378 e. The highest BCUT2D eigenvalue weighted by atomic mass is 35.5. The molecule has 3 heterocycles. The van der Waals surface area contributed by atoms with E-state index in [4.69, 9.17) is 16.3 Å². The van der Waals surface area contributed by atoms with E-state index in [9.17, 15) is 22.8 Å². The van der Waals surface area contributed by atoms with Gasteiger partial charge >= 0.3 is 6.18 Å². The van der Waals surface area contributed by atoms with Gasteiger partial charge in [-0.25, -0.2) is 4.98 Å². The average Bonchev–Trinajstić information content (AvgIpc) is 3.58. The number of hydrogen-bond donors (Lipinski definition) is 4. The van der Waals surface area contributed by atoms with E-state index in [2.05, 4.69) is 25.9 Å². The quantitative estimate of drug-likeness (QED) is 0.250. The average molecular weight is 558 g/mol. The Morgan fingerprint density at radius 1 is 1.10 bits per heavy atom. The number of benzene rings is 2. The fraction of sp³-hybridized carbons (Fsp3) is 0.222. The van der Waals surface area contributed by atoms with Crippen LogP contribution in [0.25, 0.3) is 11.0 Å². The van der Waals surface area contributed by atoms with Crippen molar-refractivity contribution in [1.29, 1.82) is 0 Å². The highest BCUT2D eigenvalue weighted by Crippen LogP contribution is 2.37. The van der Waals surface area contributed by atoms with Gasteiger partial charge in [-0.1, -0.05) is 23.7 Å². The van der Waals surface area contributed by atoms with E-state index in [1.54, 1.807) is 42.6 Å². The number of hydrogen-bond acceptors (Lipinski definition) is 5. The van der Waals surface area contributed by atoms with Gasteiger partial charge in [0.1, 0.15) is 11.2 Å². The number of pyridine rings is 1. The molecule has 0 spiro atoms. The number of aromatic amines is 1. The molecule has 0 radical (unpaired) electrons. The van der Waals surface area contributed by atoms with Crippen LogP contribution in [0.5, 0.6) is 0 Å². The van der Waals surface area contributed by atoms with E-state index in [-0.39, 0.29) is 23.9 Å². The van der Waals surface area contributed by atoms with Gasteiger partial charge < -0.3 is 25.7 Å². The largest absolute Gasteiger partial charge is 0.418 e. The number of ether oxygens (including phenoxy) is 1. The first-order chi connectivity index (χ1) is 18.6. The van der Waals surface area contributed by atoms with Crippen LogP contribution in [0.1, 0.15) is 27.9 Å². The molecule has 202 valence electrons. The van der Waals surface area contributed by atoms with Crippen LogP contribution < -0.4 is 16.0 Å². The van der Waals surface area contributed by atoms with Crippen LogP contribution >= 0.6 is 11.6 Å².